The van der Waals surface area contributed by atoms with E-state index < -0.39 is 21.0 Å². The second kappa shape index (κ2) is 9.03. The molecular weight excluding hydrogens is 312 g/mol. The van der Waals surface area contributed by atoms with Crippen LogP contribution in [0.4, 0.5) is 0 Å². The fourth-order valence-corrected chi connectivity index (χ4v) is 3.55. The van der Waals surface area contributed by atoms with Crippen LogP contribution in [0.2, 0.25) is 0 Å². The highest BCUT2D eigenvalue weighted by Gasteiger charge is 2.26. The third-order valence-electron chi connectivity index (χ3n) is 3.85. The smallest absolute Gasteiger partial charge is 0.238 e. The third kappa shape index (κ3) is 6.31. The van der Waals surface area contributed by atoms with E-state index in [1.807, 2.05) is 24.3 Å². The van der Waals surface area contributed by atoms with Crippen LogP contribution in [0.25, 0.3) is 0 Å². The first-order valence-corrected chi connectivity index (χ1v) is 9.77. The predicted molar refractivity (Wildman–Crippen MR) is 93.8 cm³/mol. The zero-order chi connectivity index (χ0) is 17.5. The van der Waals surface area contributed by atoms with Crippen molar-refractivity contribution in [3.05, 3.63) is 35.4 Å². The van der Waals surface area contributed by atoms with Crippen molar-refractivity contribution >= 4 is 15.7 Å². The molecule has 0 aliphatic rings. The number of nitrogens with zero attached hydrogens (tertiary/aromatic N) is 1. The Labute approximate surface area is 140 Å². The quantitative estimate of drug-likeness (QED) is 0.746. The summed E-state index contributed by atoms with van der Waals surface area (Å²) in [5.74, 6) is -0.394. The minimum absolute atomic E-state index is 0.0421. The molecule has 0 spiro atoms. The molecular formula is C17H28N2O3S. The molecule has 0 radical (unpaired) electrons. The Balaban J connectivity index is 2.64. The van der Waals surface area contributed by atoms with E-state index in [1.165, 1.54) is 12.5 Å². The second-order valence-electron chi connectivity index (χ2n) is 5.88. The minimum atomic E-state index is -3.36. The summed E-state index contributed by atoms with van der Waals surface area (Å²) in [7, 11) is -1.31. The van der Waals surface area contributed by atoms with E-state index in [2.05, 4.69) is 24.2 Å². The Kier molecular flexibility index (Phi) is 7.72. The summed E-state index contributed by atoms with van der Waals surface area (Å²) >= 11 is 0. The van der Waals surface area contributed by atoms with Gasteiger partial charge < -0.3 is 10.2 Å². The predicted octanol–water partition coefficient (Wildman–Crippen LogP) is 1.97. The van der Waals surface area contributed by atoms with Crippen molar-refractivity contribution in [1.29, 1.82) is 0 Å². The molecule has 0 aliphatic heterocycles. The highest BCUT2D eigenvalue weighted by atomic mass is 32.2. The van der Waals surface area contributed by atoms with E-state index in [9.17, 15) is 13.2 Å². The molecule has 0 aliphatic carbocycles. The average Bonchev–Trinajstić information content (AvgIpc) is 2.52. The van der Waals surface area contributed by atoms with Crippen LogP contribution in [0.5, 0.6) is 0 Å². The van der Waals surface area contributed by atoms with Gasteiger partial charge in [-0.25, -0.2) is 8.42 Å². The van der Waals surface area contributed by atoms with Gasteiger partial charge in [0, 0.05) is 13.1 Å². The van der Waals surface area contributed by atoms with Gasteiger partial charge in [0.25, 0.3) is 0 Å². The van der Waals surface area contributed by atoms with Crippen LogP contribution in [0.15, 0.2) is 24.3 Å². The van der Waals surface area contributed by atoms with Gasteiger partial charge in [0.15, 0.2) is 9.84 Å². The standard InChI is InChI=1S/C17H28N2O3S/c1-5-10-23(21,22)14(3)17(20)18-12-15-8-7-9-16(11-15)13-19(4)6-2/h7-9,11,14H,5-6,10,12-13H2,1-4H3,(H,18,20). The van der Waals surface area contributed by atoms with E-state index >= 15 is 0 Å². The summed E-state index contributed by atoms with van der Waals surface area (Å²) in [6.07, 6.45) is 0.521. The normalized spacial score (nSPS) is 13.1. The first kappa shape index (κ1) is 19.6. The maximum Gasteiger partial charge on any atom is 0.238 e. The van der Waals surface area contributed by atoms with E-state index in [0.717, 1.165) is 18.7 Å². The Hall–Kier alpha value is -1.40. The number of carbonyl (C=O) groups is 1. The topological polar surface area (TPSA) is 66.5 Å². The summed E-state index contributed by atoms with van der Waals surface area (Å²) in [6.45, 7) is 7.50. The average molecular weight is 340 g/mol. The van der Waals surface area contributed by atoms with Gasteiger partial charge in [0.05, 0.1) is 5.75 Å². The SMILES string of the molecule is CCCS(=O)(=O)C(C)C(=O)NCc1cccc(CN(C)CC)c1. The second-order valence-corrected chi connectivity index (χ2v) is 8.32. The van der Waals surface area contributed by atoms with E-state index in [4.69, 9.17) is 0 Å². The number of hydrogen-bond acceptors (Lipinski definition) is 4. The number of carbonyl (C=O) groups excluding carboxylic acids is 1. The maximum atomic E-state index is 12.0. The molecule has 1 atom stereocenters. The summed E-state index contributed by atoms with van der Waals surface area (Å²) < 4.78 is 23.9. The van der Waals surface area contributed by atoms with Crippen LogP contribution in [-0.2, 0) is 27.7 Å². The Morgan fingerprint density at radius 2 is 1.91 bits per heavy atom. The van der Waals surface area contributed by atoms with Crippen LogP contribution >= 0.6 is 0 Å². The molecule has 6 heteroatoms. The molecule has 0 fully saturated rings. The van der Waals surface area contributed by atoms with Crippen LogP contribution < -0.4 is 5.32 Å². The van der Waals surface area contributed by atoms with Crippen LogP contribution in [0.1, 0.15) is 38.3 Å². The van der Waals surface area contributed by atoms with E-state index in [1.54, 1.807) is 6.92 Å². The molecule has 0 heterocycles. The molecule has 1 rings (SSSR count). The first-order valence-electron chi connectivity index (χ1n) is 8.05. The van der Waals surface area contributed by atoms with E-state index in [0.29, 0.717) is 13.0 Å². The van der Waals surface area contributed by atoms with Crippen molar-refractivity contribution in [3.8, 4) is 0 Å². The lowest BCUT2D eigenvalue weighted by molar-refractivity contribution is -0.120. The molecule has 1 N–H and O–H groups in total. The number of benzene rings is 1. The van der Waals surface area contributed by atoms with Gasteiger partial charge in [-0.3, -0.25) is 4.79 Å². The molecule has 0 bridgehead atoms. The van der Waals surface area contributed by atoms with Gasteiger partial charge in [-0.15, -0.1) is 0 Å². The minimum Gasteiger partial charge on any atom is -0.351 e. The van der Waals surface area contributed by atoms with Crippen molar-refractivity contribution in [2.75, 3.05) is 19.3 Å². The molecule has 1 amide bonds. The largest absolute Gasteiger partial charge is 0.351 e. The maximum absolute atomic E-state index is 12.0. The molecule has 23 heavy (non-hydrogen) atoms. The van der Waals surface area contributed by atoms with Gasteiger partial charge in [-0.2, -0.15) is 0 Å². The summed E-state index contributed by atoms with van der Waals surface area (Å²) in [5.41, 5.74) is 2.15. The number of rotatable bonds is 9. The molecule has 5 nitrogen and oxygen atoms in total. The third-order valence-corrected chi connectivity index (χ3v) is 6.12. The number of sulfone groups is 1. The fourth-order valence-electron chi connectivity index (χ4n) is 2.22. The lowest BCUT2D eigenvalue weighted by Gasteiger charge is -2.15. The lowest BCUT2D eigenvalue weighted by atomic mass is 10.1. The summed E-state index contributed by atoms with van der Waals surface area (Å²) in [5, 5.41) is 1.72. The monoisotopic (exact) mass is 340 g/mol. The van der Waals surface area contributed by atoms with Crippen LogP contribution in [0.3, 0.4) is 0 Å². The Morgan fingerprint density at radius 3 is 2.52 bits per heavy atom. The van der Waals surface area contributed by atoms with Crippen LogP contribution in [-0.4, -0.2) is 43.8 Å². The molecule has 0 saturated carbocycles. The molecule has 0 saturated heterocycles. The highest BCUT2D eigenvalue weighted by molar-refractivity contribution is 7.92. The van der Waals surface area contributed by atoms with Crippen molar-refractivity contribution in [2.45, 2.75) is 45.5 Å². The number of hydrogen-bond donors (Lipinski definition) is 1. The molecule has 1 aromatic carbocycles. The Bertz CT molecular complexity index is 614. The molecule has 0 aromatic heterocycles. The van der Waals surface area contributed by atoms with Crippen molar-refractivity contribution < 1.29 is 13.2 Å². The van der Waals surface area contributed by atoms with Gasteiger partial charge in [-0.1, -0.05) is 38.1 Å². The molecule has 1 aromatic rings. The highest BCUT2D eigenvalue weighted by Crippen LogP contribution is 2.09. The van der Waals surface area contributed by atoms with Crippen molar-refractivity contribution in [2.24, 2.45) is 0 Å². The Morgan fingerprint density at radius 1 is 1.26 bits per heavy atom. The summed E-state index contributed by atoms with van der Waals surface area (Å²) in [4.78, 5) is 14.2. The summed E-state index contributed by atoms with van der Waals surface area (Å²) in [6, 6.07) is 7.97. The van der Waals surface area contributed by atoms with Gasteiger partial charge in [0.2, 0.25) is 5.91 Å². The molecule has 1 unspecified atom stereocenters. The van der Waals surface area contributed by atoms with Gasteiger partial charge in [0.1, 0.15) is 5.25 Å². The fraction of sp³-hybridized carbons (Fsp3) is 0.588. The first-order chi connectivity index (χ1) is 10.8. The zero-order valence-corrected chi connectivity index (χ0v) is 15.3. The van der Waals surface area contributed by atoms with Gasteiger partial charge >= 0.3 is 0 Å². The zero-order valence-electron chi connectivity index (χ0n) is 14.5. The number of nitrogens with one attached hydrogen (secondary N) is 1. The van der Waals surface area contributed by atoms with E-state index in [-0.39, 0.29) is 5.75 Å². The lowest BCUT2D eigenvalue weighted by Crippen LogP contribution is -2.38. The van der Waals surface area contributed by atoms with Crippen molar-refractivity contribution in [3.63, 3.8) is 0 Å². The van der Waals surface area contributed by atoms with Gasteiger partial charge in [-0.05, 0) is 38.1 Å². The van der Waals surface area contributed by atoms with Crippen LogP contribution in [0, 0.1) is 0 Å². The molecule has 130 valence electrons. The van der Waals surface area contributed by atoms with Crippen molar-refractivity contribution in [1.82, 2.24) is 10.2 Å². The number of amides is 1.